The summed E-state index contributed by atoms with van der Waals surface area (Å²) >= 11 is 0. The van der Waals surface area contributed by atoms with Crippen LogP contribution in [0, 0.1) is 26.2 Å². The maximum Gasteiger partial charge on any atom is 0.0325 e. The van der Waals surface area contributed by atoms with Crippen LogP contribution >= 0.6 is 0 Å². The molecular formula is C18H31N. The van der Waals surface area contributed by atoms with Crippen molar-refractivity contribution in [1.82, 2.24) is 5.32 Å². The first-order valence-electron chi connectivity index (χ1n) is 7.55. The van der Waals surface area contributed by atoms with Crippen LogP contribution in [0.3, 0.4) is 0 Å². The molecule has 1 aromatic rings. The predicted molar refractivity (Wildman–Crippen MR) is 85.8 cm³/mol. The molecule has 1 N–H and O–H groups in total. The standard InChI is InChI=1S/C18H31N/c1-8-19-16(9-10-18(5,6)7)17-14(3)11-13(2)12-15(17)4/h11-12,16,19H,8-10H2,1-7H3. The second-order valence-electron chi connectivity index (χ2n) is 7.02. The molecule has 0 radical (unpaired) electrons. The van der Waals surface area contributed by atoms with Gasteiger partial charge in [0.1, 0.15) is 0 Å². The highest BCUT2D eigenvalue weighted by atomic mass is 14.9. The summed E-state index contributed by atoms with van der Waals surface area (Å²) in [6.07, 6.45) is 2.46. The van der Waals surface area contributed by atoms with Crippen molar-refractivity contribution >= 4 is 0 Å². The normalized spacial score (nSPS) is 13.6. The molecule has 1 rings (SSSR count). The van der Waals surface area contributed by atoms with Gasteiger partial charge in [-0.1, -0.05) is 45.4 Å². The molecule has 0 fully saturated rings. The molecule has 108 valence electrons. The van der Waals surface area contributed by atoms with Gasteiger partial charge in [-0.05, 0) is 62.3 Å². The third kappa shape index (κ3) is 4.99. The molecule has 0 amide bonds. The molecule has 0 heterocycles. The molecule has 0 aliphatic carbocycles. The first-order chi connectivity index (χ1) is 8.74. The van der Waals surface area contributed by atoms with Gasteiger partial charge in [-0.3, -0.25) is 0 Å². The monoisotopic (exact) mass is 261 g/mol. The Morgan fingerprint density at radius 3 is 2.00 bits per heavy atom. The van der Waals surface area contributed by atoms with Crippen LogP contribution in [0.2, 0.25) is 0 Å². The number of rotatable bonds is 5. The first-order valence-corrected chi connectivity index (χ1v) is 7.55. The third-order valence-electron chi connectivity index (χ3n) is 3.72. The molecule has 0 aromatic heterocycles. The van der Waals surface area contributed by atoms with E-state index in [2.05, 4.69) is 65.9 Å². The lowest BCUT2D eigenvalue weighted by atomic mass is 9.85. The summed E-state index contributed by atoms with van der Waals surface area (Å²) in [6, 6.07) is 5.11. The summed E-state index contributed by atoms with van der Waals surface area (Å²) in [5.74, 6) is 0. The van der Waals surface area contributed by atoms with Crippen LogP contribution in [0.1, 0.15) is 68.8 Å². The van der Waals surface area contributed by atoms with Crippen molar-refractivity contribution in [3.05, 3.63) is 34.4 Å². The maximum atomic E-state index is 3.67. The van der Waals surface area contributed by atoms with Crippen molar-refractivity contribution < 1.29 is 0 Å². The van der Waals surface area contributed by atoms with E-state index in [9.17, 15) is 0 Å². The Kier molecular flexibility index (Phi) is 5.61. The van der Waals surface area contributed by atoms with Gasteiger partial charge < -0.3 is 5.32 Å². The maximum absolute atomic E-state index is 3.67. The molecular weight excluding hydrogens is 230 g/mol. The van der Waals surface area contributed by atoms with Crippen LogP contribution in [0.25, 0.3) is 0 Å². The van der Waals surface area contributed by atoms with Gasteiger partial charge in [-0.2, -0.15) is 0 Å². The quantitative estimate of drug-likeness (QED) is 0.778. The minimum Gasteiger partial charge on any atom is -0.310 e. The SMILES string of the molecule is CCNC(CCC(C)(C)C)c1c(C)cc(C)cc1C. The van der Waals surface area contributed by atoms with Crippen LogP contribution in [0.15, 0.2) is 12.1 Å². The van der Waals surface area contributed by atoms with E-state index in [0.717, 1.165) is 6.54 Å². The summed E-state index contributed by atoms with van der Waals surface area (Å²) in [6.45, 7) is 16.9. The zero-order valence-electron chi connectivity index (χ0n) is 13.9. The van der Waals surface area contributed by atoms with Crippen molar-refractivity contribution in [3.8, 4) is 0 Å². The van der Waals surface area contributed by atoms with Gasteiger partial charge in [0.25, 0.3) is 0 Å². The van der Waals surface area contributed by atoms with E-state index in [4.69, 9.17) is 0 Å². The van der Waals surface area contributed by atoms with Crippen molar-refractivity contribution in [1.29, 1.82) is 0 Å². The fraction of sp³-hybridized carbons (Fsp3) is 0.667. The molecule has 19 heavy (non-hydrogen) atoms. The Morgan fingerprint density at radius 1 is 1.05 bits per heavy atom. The predicted octanol–water partition coefficient (Wildman–Crippen LogP) is 5.09. The first kappa shape index (κ1) is 16.2. The molecule has 1 aromatic carbocycles. The summed E-state index contributed by atoms with van der Waals surface area (Å²) in [4.78, 5) is 0. The molecule has 0 saturated heterocycles. The minimum atomic E-state index is 0.403. The number of nitrogens with one attached hydrogen (secondary N) is 1. The highest BCUT2D eigenvalue weighted by molar-refractivity contribution is 5.39. The highest BCUT2D eigenvalue weighted by Crippen LogP contribution is 2.31. The molecule has 0 saturated carbocycles. The second kappa shape index (κ2) is 6.56. The lowest BCUT2D eigenvalue weighted by molar-refractivity contribution is 0.333. The third-order valence-corrected chi connectivity index (χ3v) is 3.72. The summed E-state index contributed by atoms with van der Waals surface area (Å²) in [5, 5.41) is 3.67. The summed E-state index contributed by atoms with van der Waals surface area (Å²) in [7, 11) is 0. The highest BCUT2D eigenvalue weighted by Gasteiger charge is 2.19. The Labute approximate surface area is 119 Å². The molecule has 1 heteroatoms. The molecule has 1 nitrogen and oxygen atoms in total. The molecule has 0 aliphatic rings. The van der Waals surface area contributed by atoms with Crippen molar-refractivity contribution in [2.45, 2.75) is 67.3 Å². The van der Waals surface area contributed by atoms with Crippen LogP contribution in [0.5, 0.6) is 0 Å². The van der Waals surface area contributed by atoms with Crippen molar-refractivity contribution in [2.75, 3.05) is 6.54 Å². The summed E-state index contributed by atoms with van der Waals surface area (Å²) < 4.78 is 0. The van der Waals surface area contributed by atoms with E-state index < -0.39 is 0 Å². The van der Waals surface area contributed by atoms with E-state index in [1.54, 1.807) is 0 Å². The van der Waals surface area contributed by atoms with Gasteiger partial charge >= 0.3 is 0 Å². The van der Waals surface area contributed by atoms with Crippen LogP contribution in [0.4, 0.5) is 0 Å². The van der Waals surface area contributed by atoms with Gasteiger partial charge in [-0.25, -0.2) is 0 Å². The fourth-order valence-corrected chi connectivity index (χ4v) is 2.91. The van der Waals surface area contributed by atoms with Gasteiger partial charge in [0.15, 0.2) is 0 Å². The van der Waals surface area contributed by atoms with Crippen LogP contribution in [-0.2, 0) is 0 Å². The van der Waals surface area contributed by atoms with E-state index in [1.165, 1.54) is 35.1 Å². The molecule has 0 spiro atoms. The van der Waals surface area contributed by atoms with Gasteiger partial charge in [0.05, 0.1) is 0 Å². The number of benzene rings is 1. The number of hydrogen-bond acceptors (Lipinski definition) is 1. The fourth-order valence-electron chi connectivity index (χ4n) is 2.91. The number of aryl methyl sites for hydroxylation is 3. The average Bonchev–Trinajstić information content (AvgIpc) is 2.23. The Bertz CT molecular complexity index is 389. The minimum absolute atomic E-state index is 0.403. The van der Waals surface area contributed by atoms with Crippen molar-refractivity contribution in [2.24, 2.45) is 5.41 Å². The van der Waals surface area contributed by atoms with Crippen LogP contribution in [-0.4, -0.2) is 6.54 Å². The number of hydrogen-bond donors (Lipinski definition) is 1. The van der Waals surface area contributed by atoms with Crippen molar-refractivity contribution in [3.63, 3.8) is 0 Å². The van der Waals surface area contributed by atoms with Gasteiger partial charge in [0.2, 0.25) is 0 Å². The lowest BCUT2D eigenvalue weighted by Gasteiger charge is -2.27. The second-order valence-corrected chi connectivity index (χ2v) is 7.02. The van der Waals surface area contributed by atoms with E-state index in [-0.39, 0.29) is 0 Å². The van der Waals surface area contributed by atoms with Gasteiger partial charge in [-0.15, -0.1) is 0 Å². The zero-order valence-corrected chi connectivity index (χ0v) is 13.9. The largest absolute Gasteiger partial charge is 0.310 e. The molecule has 0 bridgehead atoms. The zero-order chi connectivity index (χ0) is 14.6. The van der Waals surface area contributed by atoms with E-state index in [0.29, 0.717) is 11.5 Å². The smallest absolute Gasteiger partial charge is 0.0325 e. The molecule has 1 atom stereocenters. The topological polar surface area (TPSA) is 12.0 Å². The Hall–Kier alpha value is -0.820. The van der Waals surface area contributed by atoms with E-state index >= 15 is 0 Å². The Morgan fingerprint density at radius 2 is 1.58 bits per heavy atom. The lowest BCUT2D eigenvalue weighted by Crippen LogP contribution is -2.24. The average molecular weight is 261 g/mol. The molecule has 0 aliphatic heterocycles. The van der Waals surface area contributed by atoms with Gasteiger partial charge in [0, 0.05) is 6.04 Å². The van der Waals surface area contributed by atoms with E-state index in [1.807, 2.05) is 0 Å². The molecule has 1 unspecified atom stereocenters. The van der Waals surface area contributed by atoms with Crippen LogP contribution < -0.4 is 5.32 Å². The summed E-state index contributed by atoms with van der Waals surface area (Å²) in [5.41, 5.74) is 6.14. The Balaban J connectivity index is 2.99.